The highest BCUT2D eigenvalue weighted by atomic mass is 35.5. The Morgan fingerprint density at radius 1 is 0.933 bits per heavy atom. The van der Waals surface area contributed by atoms with Crippen LogP contribution >= 0.6 is 11.6 Å². The summed E-state index contributed by atoms with van der Waals surface area (Å²) in [4.78, 5) is 69.8. The number of carbonyl (C=O) groups excluding carboxylic acids is 5. The van der Waals surface area contributed by atoms with Crippen molar-refractivity contribution in [2.75, 3.05) is 44.2 Å². The van der Waals surface area contributed by atoms with E-state index in [1.54, 1.807) is 41.0 Å². The SMILES string of the molecule is CCn1c2c(c3ccc(OCCCCN4CCN(c5ccc(C(=O)NC6CCC(Oc7ccc(C#N)c(Cl)c7)CC6)nn5)CC4)cc31)C(=O)N(C1CCC(=O)NC1=O)C2=O. The van der Waals surface area contributed by atoms with Gasteiger partial charge in [-0.1, -0.05) is 11.6 Å². The van der Waals surface area contributed by atoms with Gasteiger partial charge in [0, 0.05) is 62.7 Å². The molecule has 2 aromatic heterocycles. The van der Waals surface area contributed by atoms with Gasteiger partial charge in [-0.05, 0) is 94.8 Å². The molecule has 0 radical (unpaired) electrons. The number of piperazine rings is 1. The number of rotatable bonds is 13. The Morgan fingerprint density at radius 2 is 1.72 bits per heavy atom. The highest BCUT2D eigenvalue weighted by molar-refractivity contribution is 6.32. The highest BCUT2D eigenvalue weighted by Gasteiger charge is 2.47. The van der Waals surface area contributed by atoms with E-state index in [0.29, 0.717) is 40.6 Å². The van der Waals surface area contributed by atoms with Gasteiger partial charge in [0.05, 0.1) is 34.4 Å². The molecule has 0 bridgehead atoms. The monoisotopic (exact) mass is 835 g/mol. The van der Waals surface area contributed by atoms with E-state index in [1.807, 2.05) is 25.1 Å². The topological polar surface area (TPSA) is 192 Å². The van der Waals surface area contributed by atoms with Crippen molar-refractivity contribution in [1.82, 2.24) is 35.2 Å². The second-order valence-corrected chi connectivity index (χ2v) is 16.0. The first-order valence-electron chi connectivity index (χ1n) is 20.6. The third kappa shape index (κ3) is 8.37. The lowest BCUT2D eigenvalue weighted by atomic mass is 9.93. The van der Waals surface area contributed by atoms with Crippen molar-refractivity contribution >= 4 is 57.9 Å². The molecule has 312 valence electrons. The molecule has 1 saturated carbocycles. The van der Waals surface area contributed by atoms with E-state index in [9.17, 15) is 24.0 Å². The maximum Gasteiger partial charge on any atom is 0.278 e. The zero-order chi connectivity index (χ0) is 41.9. The largest absolute Gasteiger partial charge is 0.494 e. The lowest BCUT2D eigenvalue weighted by molar-refractivity contribution is -0.136. The molecule has 3 fully saturated rings. The molecule has 3 aliphatic heterocycles. The van der Waals surface area contributed by atoms with E-state index in [0.717, 1.165) is 87.5 Å². The first kappa shape index (κ1) is 40.7. The lowest BCUT2D eigenvalue weighted by Crippen LogP contribution is -2.54. The smallest absolute Gasteiger partial charge is 0.278 e. The van der Waals surface area contributed by atoms with Crippen molar-refractivity contribution in [3.8, 4) is 17.6 Å². The second kappa shape index (κ2) is 17.7. The van der Waals surface area contributed by atoms with E-state index < -0.39 is 29.7 Å². The summed E-state index contributed by atoms with van der Waals surface area (Å²) < 4.78 is 14.0. The van der Waals surface area contributed by atoms with Crippen LogP contribution in [0.4, 0.5) is 5.82 Å². The fourth-order valence-electron chi connectivity index (χ4n) is 8.60. The number of aryl methyl sites for hydroxylation is 1. The van der Waals surface area contributed by atoms with Crippen LogP contribution in [0.1, 0.15) is 95.2 Å². The molecule has 2 aromatic carbocycles. The van der Waals surface area contributed by atoms with Crippen molar-refractivity contribution in [2.45, 2.75) is 83.0 Å². The van der Waals surface area contributed by atoms with E-state index in [2.05, 4.69) is 30.6 Å². The minimum atomic E-state index is -1.01. The van der Waals surface area contributed by atoms with E-state index in [1.165, 1.54) is 0 Å². The van der Waals surface area contributed by atoms with Crippen molar-refractivity contribution in [3.63, 3.8) is 0 Å². The predicted molar refractivity (Wildman–Crippen MR) is 220 cm³/mol. The Balaban J connectivity index is 0.746. The van der Waals surface area contributed by atoms with Crippen molar-refractivity contribution in [2.24, 2.45) is 0 Å². The van der Waals surface area contributed by atoms with Crippen LogP contribution in [0.2, 0.25) is 5.02 Å². The molecule has 5 amide bonds. The Morgan fingerprint density at radius 3 is 2.42 bits per heavy atom. The summed E-state index contributed by atoms with van der Waals surface area (Å²) in [6.07, 6.45) is 5.12. The molecule has 4 aliphatic rings. The van der Waals surface area contributed by atoms with Crippen LogP contribution in [0.5, 0.6) is 11.5 Å². The maximum atomic E-state index is 13.5. The number of imide groups is 2. The molecule has 17 heteroatoms. The van der Waals surface area contributed by atoms with Crippen LogP contribution in [0, 0.1) is 11.3 Å². The fourth-order valence-corrected chi connectivity index (χ4v) is 8.82. The molecule has 1 unspecified atom stereocenters. The Kier molecular flexibility index (Phi) is 12.0. The van der Waals surface area contributed by atoms with Gasteiger partial charge in [-0.15, -0.1) is 10.2 Å². The number of fused-ring (bicyclic) bond motifs is 3. The average Bonchev–Trinajstić information content (AvgIpc) is 3.71. The molecular weight excluding hydrogens is 790 g/mol. The zero-order valence-electron chi connectivity index (χ0n) is 33.3. The van der Waals surface area contributed by atoms with Gasteiger partial charge in [0.15, 0.2) is 11.5 Å². The van der Waals surface area contributed by atoms with Gasteiger partial charge in [0.1, 0.15) is 29.3 Å². The highest BCUT2D eigenvalue weighted by Crippen LogP contribution is 2.37. The third-order valence-corrected chi connectivity index (χ3v) is 12.1. The standard InChI is InChI=1S/C43H46ClN9O7/c1-2-52-35-24-29(11-12-31(35)38-39(52)43(58)53(42(38)57)34-14-16-37(54)47-41(34)56)59-22-4-3-17-50-18-20-51(21-19-50)36-15-13-33(48-49-36)40(55)46-27-6-9-28(10-7-27)60-30-8-5-26(25-45)32(44)23-30/h5,8,11-13,15,23-24,27-28,34H,2-4,6-7,9-10,14,16-22H2,1H3,(H,46,55)(H,47,54,56). The number of nitrogens with one attached hydrogen (secondary N) is 2. The summed E-state index contributed by atoms with van der Waals surface area (Å²) in [6, 6.07) is 15.2. The number of unbranched alkanes of at least 4 members (excludes halogenated alkanes) is 1. The third-order valence-electron chi connectivity index (χ3n) is 11.8. The van der Waals surface area contributed by atoms with Crippen LogP contribution in [0.25, 0.3) is 10.9 Å². The van der Waals surface area contributed by atoms with Crippen LogP contribution < -0.4 is 25.0 Å². The number of nitriles is 1. The minimum Gasteiger partial charge on any atom is -0.494 e. The number of aromatic nitrogens is 3. The summed E-state index contributed by atoms with van der Waals surface area (Å²) in [5.41, 5.74) is 1.97. The fraction of sp³-hybridized carbons (Fsp3) is 0.442. The van der Waals surface area contributed by atoms with Crippen LogP contribution in [0.15, 0.2) is 48.5 Å². The number of hydrogen-bond acceptors (Lipinski definition) is 12. The Labute approximate surface area is 351 Å². The Bertz CT molecular complexity index is 2360. The minimum absolute atomic E-state index is 0.0148. The number of carbonyl (C=O) groups is 5. The summed E-state index contributed by atoms with van der Waals surface area (Å²) >= 11 is 6.14. The number of nitrogens with zero attached hydrogens (tertiary/aromatic N) is 7. The number of hydrogen-bond donors (Lipinski definition) is 2. The van der Waals surface area contributed by atoms with Gasteiger partial charge in [0.2, 0.25) is 11.8 Å². The normalized spacial score (nSPS) is 20.9. The summed E-state index contributed by atoms with van der Waals surface area (Å²) in [7, 11) is 0. The van der Waals surface area contributed by atoms with Crippen LogP contribution in [0.3, 0.4) is 0 Å². The molecule has 1 aliphatic carbocycles. The quantitative estimate of drug-likeness (QED) is 0.142. The van der Waals surface area contributed by atoms with E-state index in [-0.39, 0.29) is 47.8 Å². The lowest BCUT2D eigenvalue weighted by Gasteiger charge is -2.35. The molecular formula is C43H46ClN9O7. The van der Waals surface area contributed by atoms with Crippen molar-refractivity contribution in [3.05, 3.63) is 76.1 Å². The van der Waals surface area contributed by atoms with E-state index >= 15 is 0 Å². The van der Waals surface area contributed by atoms with Crippen LogP contribution in [-0.4, -0.2) is 112 Å². The van der Waals surface area contributed by atoms with Gasteiger partial charge in [-0.2, -0.15) is 5.26 Å². The molecule has 8 rings (SSSR count). The van der Waals surface area contributed by atoms with Gasteiger partial charge < -0.3 is 24.3 Å². The van der Waals surface area contributed by atoms with Crippen LogP contribution in [-0.2, 0) is 16.1 Å². The average molecular weight is 836 g/mol. The summed E-state index contributed by atoms with van der Waals surface area (Å²) in [5.74, 6) is -0.287. The summed E-state index contributed by atoms with van der Waals surface area (Å²) in [5, 5.41) is 24.1. The van der Waals surface area contributed by atoms with Gasteiger partial charge in [0.25, 0.3) is 17.7 Å². The molecule has 2 N–H and O–H groups in total. The number of benzene rings is 2. The Hall–Kier alpha value is -6.05. The first-order valence-corrected chi connectivity index (χ1v) is 21.0. The molecule has 2 saturated heterocycles. The second-order valence-electron chi connectivity index (χ2n) is 15.6. The predicted octanol–water partition coefficient (Wildman–Crippen LogP) is 4.48. The summed E-state index contributed by atoms with van der Waals surface area (Å²) in [6.45, 7) is 7.14. The zero-order valence-corrected chi connectivity index (χ0v) is 34.1. The maximum absolute atomic E-state index is 13.5. The molecule has 1 atom stereocenters. The number of amides is 5. The molecule has 5 heterocycles. The number of anilines is 1. The number of halogens is 1. The number of piperidine rings is 1. The van der Waals surface area contributed by atoms with Crippen molar-refractivity contribution < 1.29 is 33.4 Å². The number of ether oxygens (including phenoxy) is 2. The molecule has 4 aromatic rings. The van der Waals surface area contributed by atoms with Crippen molar-refractivity contribution in [1.29, 1.82) is 5.26 Å². The first-order chi connectivity index (χ1) is 29.1. The van der Waals surface area contributed by atoms with Gasteiger partial charge in [-0.3, -0.25) is 39.1 Å². The molecule has 60 heavy (non-hydrogen) atoms. The molecule has 0 spiro atoms. The van der Waals surface area contributed by atoms with E-state index in [4.69, 9.17) is 26.3 Å². The molecule has 16 nitrogen and oxygen atoms in total. The van der Waals surface area contributed by atoms with Gasteiger partial charge >= 0.3 is 0 Å². The van der Waals surface area contributed by atoms with Gasteiger partial charge in [-0.25, -0.2) is 0 Å².